The van der Waals surface area contributed by atoms with Crippen molar-refractivity contribution in [1.82, 2.24) is 0 Å². The number of hydrogen-bond acceptors (Lipinski definition) is 3. The minimum absolute atomic E-state index is 0.00184. The van der Waals surface area contributed by atoms with Crippen molar-refractivity contribution in [3.63, 3.8) is 0 Å². The third-order valence-corrected chi connectivity index (χ3v) is 5.83. The molecule has 0 radical (unpaired) electrons. The largest absolute Gasteiger partial charge is 0.495 e. The van der Waals surface area contributed by atoms with E-state index in [9.17, 15) is 4.79 Å². The van der Waals surface area contributed by atoms with E-state index in [0.29, 0.717) is 17.5 Å². The van der Waals surface area contributed by atoms with Gasteiger partial charge in [-0.3, -0.25) is 4.79 Å². The van der Waals surface area contributed by atoms with Crippen LogP contribution in [-0.4, -0.2) is 25.1 Å². The van der Waals surface area contributed by atoms with Gasteiger partial charge < -0.3 is 19.8 Å². The zero-order chi connectivity index (χ0) is 19.5. The summed E-state index contributed by atoms with van der Waals surface area (Å²) in [5.74, 6) is 0.645. The fourth-order valence-electron chi connectivity index (χ4n) is 4.26. The predicted molar refractivity (Wildman–Crippen MR) is 112 cm³/mol. The lowest BCUT2D eigenvalue weighted by molar-refractivity contribution is -0.707. The summed E-state index contributed by atoms with van der Waals surface area (Å²) in [6.07, 6.45) is 7.58. The average Bonchev–Trinajstić information content (AvgIpc) is 2.86. The number of amides is 1. The number of fused-ring (bicyclic) bond motifs is 3. The number of hydrogen-bond donors (Lipinski definition) is 2. The maximum Gasteiger partial charge on any atom is 0.282 e. The van der Waals surface area contributed by atoms with Crippen LogP contribution in [0.4, 0.5) is 5.69 Å². The van der Waals surface area contributed by atoms with Gasteiger partial charge in [-0.15, -0.1) is 0 Å². The molecule has 0 aliphatic heterocycles. The second-order valence-corrected chi connectivity index (χ2v) is 7.87. The molecule has 1 aromatic heterocycles. The van der Waals surface area contributed by atoms with E-state index in [1.54, 1.807) is 7.11 Å². The molecule has 0 unspecified atom stereocenters. The predicted octanol–water partition coefficient (Wildman–Crippen LogP) is 4.21. The summed E-state index contributed by atoms with van der Waals surface area (Å²) < 4.78 is 11.5. The summed E-state index contributed by atoms with van der Waals surface area (Å²) in [5, 5.41) is 7.31. The first-order chi connectivity index (χ1) is 13.7. The molecule has 2 aromatic carbocycles. The normalized spacial score (nSPS) is 16.8. The van der Waals surface area contributed by atoms with Crippen molar-refractivity contribution in [2.75, 3.05) is 12.4 Å². The van der Waals surface area contributed by atoms with Gasteiger partial charge in [0.15, 0.2) is 6.04 Å². The molecule has 5 nitrogen and oxygen atoms in total. The number of nitrogens with one attached hydrogen (secondary N) is 1. The van der Waals surface area contributed by atoms with E-state index in [1.807, 2.05) is 43.3 Å². The zero-order valence-electron chi connectivity index (χ0n) is 16.7. The van der Waals surface area contributed by atoms with Crippen molar-refractivity contribution in [3.8, 4) is 5.75 Å². The van der Waals surface area contributed by atoms with Crippen LogP contribution < -0.4 is 15.4 Å². The van der Waals surface area contributed by atoms with Crippen molar-refractivity contribution in [2.45, 2.75) is 57.5 Å². The molecule has 1 fully saturated rings. The number of furan rings is 1. The number of rotatable bonds is 5. The van der Waals surface area contributed by atoms with Crippen LogP contribution in [0.2, 0.25) is 0 Å². The van der Waals surface area contributed by atoms with E-state index in [1.165, 1.54) is 38.5 Å². The molecule has 5 heteroatoms. The fourth-order valence-corrected chi connectivity index (χ4v) is 4.26. The number of methoxy groups -OCH3 is 1. The van der Waals surface area contributed by atoms with Gasteiger partial charge in [0.1, 0.15) is 16.9 Å². The van der Waals surface area contributed by atoms with Crippen molar-refractivity contribution in [2.24, 2.45) is 0 Å². The van der Waals surface area contributed by atoms with Crippen molar-refractivity contribution in [3.05, 3.63) is 36.4 Å². The second-order valence-electron chi connectivity index (χ2n) is 7.87. The van der Waals surface area contributed by atoms with E-state index < -0.39 is 0 Å². The van der Waals surface area contributed by atoms with Crippen LogP contribution in [-0.2, 0) is 4.79 Å². The van der Waals surface area contributed by atoms with E-state index in [2.05, 4.69) is 10.6 Å². The van der Waals surface area contributed by atoms with Crippen LogP contribution in [0.3, 0.4) is 0 Å². The summed E-state index contributed by atoms with van der Waals surface area (Å²) >= 11 is 0. The molecule has 1 aliphatic rings. The van der Waals surface area contributed by atoms with Crippen LogP contribution in [0.15, 0.2) is 40.8 Å². The molecule has 148 valence electrons. The first-order valence-electron chi connectivity index (χ1n) is 10.3. The number of carbonyl (C=O) groups excluding carboxylic acids is 1. The molecule has 0 saturated heterocycles. The summed E-state index contributed by atoms with van der Waals surface area (Å²) in [4.78, 5) is 12.8. The monoisotopic (exact) mass is 381 g/mol. The quantitative estimate of drug-likeness (QED) is 0.651. The second kappa shape index (κ2) is 8.23. The summed E-state index contributed by atoms with van der Waals surface area (Å²) in [7, 11) is 1.63. The van der Waals surface area contributed by atoms with Gasteiger partial charge in [-0.2, -0.15) is 0 Å². The SMILES string of the molecule is COc1cc2c(cc1NC(=O)[C@H](C)[NH2+]C1CCCCCC1)oc1ccccc12. The highest BCUT2D eigenvalue weighted by atomic mass is 16.5. The standard InChI is InChI=1S/C23H28N2O3/c1-15(24-16-9-5-3-4-6-10-16)23(26)25-19-14-21-18(13-22(19)27-2)17-11-7-8-12-20(17)28-21/h7-8,11-16,24H,3-6,9-10H2,1-2H3,(H,25,26)/p+1/t15-/m0/s1. The number of benzene rings is 2. The highest BCUT2D eigenvalue weighted by molar-refractivity contribution is 6.08. The molecule has 1 aliphatic carbocycles. The Labute approximate surface area is 165 Å². The van der Waals surface area contributed by atoms with Crippen molar-refractivity contribution >= 4 is 33.5 Å². The minimum atomic E-state index is -0.140. The Kier molecular flexibility index (Phi) is 5.53. The number of nitrogens with two attached hydrogens (primary N) is 1. The van der Waals surface area contributed by atoms with E-state index in [4.69, 9.17) is 9.15 Å². The van der Waals surface area contributed by atoms with Gasteiger partial charge in [-0.1, -0.05) is 31.0 Å². The maximum atomic E-state index is 12.8. The lowest BCUT2D eigenvalue weighted by atomic mass is 10.1. The smallest absolute Gasteiger partial charge is 0.282 e. The molecular formula is C23H29N2O3+. The third-order valence-electron chi connectivity index (χ3n) is 5.83. The van der Waals surface area contributed by atoms with Gasteiger partial charge in [0.2, 0.25) is 0 Å². The number of carbonyl (C=O) groups is 1. The Hall–Kier alpha value is -2.53. The molecule has 1 atom stereocenters. The minimum Gasteiger partial charge on any atom is -0.495 e. The topological polar surface area (TPSA) is 68.1 Å². The maximum absolute atomic E-state index is 12.8. The Morgan fingerprint density at radius 3 is 2.61 bits per heavy atom. The van der Waals surface area contributed by atoms with Gasteiger partial charge in [0.05, 0.1) is 18.8 Å². The molecule has 3 aromatic rings. The van der Waals surface area contributed by atoms with E-state index in [0.717, 1.165) is 21.9 Å². The fraction of sp³-hybridized carbons (Fsp3) is 0.435. The third kappa shape index (κ3) is 3.85. The number of para-hydroxylation sites is 1. The van der Waals surface area contributed by atoms with E-state index in [-0.39, 0.29) is 11.9 Å². The highest BCUT2D eigenvalue weighted by Crippen LogP contribution is 2.36. The van der Waals surface area contributed by atoms with Gasteiger partial charge >= 0.3 is 0 Å². The molecule has 0 bridgehead atoms. The molecule has 28 heavy (non-hydrogen) atoms. The van der Waals surface area contributed by atoms with Gasteiger partial charge in [-0.05, 0) is 44.7 Å². The Balaban J connectivity index is 1.54. The highest BCUT2D eigenvalue weighted by Gasteiger charge is 2.24. The van der Waals surface area contributed by atoms with Crippen LogP contribution in [0.5, 0.6) is 5.75 Å². The lowest BCUT2D eigenvalue weighted by Gasteiger charge is -2.19. The summed E-state index contributed by atoms with van der Waals surface area (Å²) in [5.41, 5.74) is 2.23. The molecular weight excluding hydrogens is 352 g/mol. The number of quaternary nitrogens is 1. The van der Waals surface area contributed by atoms with Gasteiger partial charge in [0.25, 0.3) is 5.91 Å². The van der Waals surface area contributed by atoms with E-state index >= 15 is 0 Å². The Bertz CT molecular complexity index is 971. The van der Waals surface area contributed by atoms with Crippen LogP contribution >= 0.6 is 0 Å². The van der Waals surface area contributed by atoms with Crippen LogP contribution in [0, 0.1) is 0 Å². The lowest BCUT2D eigenvalue weighted by Crippen LogP contribution is -2.96. The van der Waals surface area contributed by atoms with Crippen molar-refractivity contribution < 1.29 is 19.3 Å². The molecule has 1 saturated carbocycles. The molecule has 1 amide bonds. The van der Waals surface area contributed by atoms with Crippen LogP contribution in [0.25, 0.3) is 21.9 Å². The van der Waals surface area contributed by atoms with Gasteiger partial charge in [0, 0.05) is 16.8 Å². The Morgan fingerprint density at radius 2 is 1.86 bits per heavy atom. The zero-order valence-corrected chi connectivity index (χ0v) is 16.7. The summed E-state index contributed by atoms with van der Waals surface area (Å²) in [6, 6.07) is 12.1. The molecule has 0 spiro atoms. The number of anilines is 1. The Morgan fingerprint density at radius 1 is 1.11 bits per heavy atom. The van der Waals surface area contributed by atoms with Crippen molar-refractivity contribution in [1.29, 1.82) is 0 Å². The molecule has 1 heterocycles. The average molecular weight is 381 g/mol. The first-order valence-corrected chi connectivity index (χ1v) is 10.3. The first kappa shape index (κ1) is 18.8. The number of ether oxygens (including phenoxy) is 1. The van der Waals surface area contributed by atoms with Gasteiger partial charge in [-0.25, -0.2) is 0 Å². The molecule has 4 rings (SSSR count). The van der Waals surface area contributed by atoms with Crippen LogP contribution in [0.1, 0.15) is 45.4 Å². The molecule has 3 N–H and O–H groups in total. The summed E-state index contributed by atoms with van der Waals surface area (Å²) in [6.45, 7) is 1.98.